The summed E-state index contributed by atoms with van der Waals surface area (Å²) in [5.74, 6) is -0.831. The highest BCUT2D eigenvalue weighted by atomic mass is 32.2. The summed E-state index contributed by atoms with van der Waals surface area (Å²) >= 11 is 1.54. The van der Waals surface area contributed by atoms with Crippen LogP contribution in [-0.4, -0.2) is 25.8 Å². The minimum absolute atomic E-state index is 0.297. The summed E-state index contributed by atoms with van der Waals surface area (Å²) in [5.41, 5.74) is 0.594. The molecule has 2 rings (SSSR count). The SMILES string of the molecule is C[C@H](Cc1ccsc1)N(C)S(=O)(=O)c1cccc(F)c1C#N. The van der Waals surface area contributed by atoms with E-state index in [2.05, 4.69) is 0 Å². The number of sulfonamides is 1. The summed E-state index contributed by atoms with van der Waals surface area (Å²) < 4.78 is 40.1. The van der Waals surface area contributed by atoms with Gasteiger partial charge in [-0.15, -0.1) is 0 Å². The number of likely N-dealkylation sites (N-methyl/N-ethyl adjacent to an activating group) is 1. The number of nitrogens with zero attached hydrogens (tertiary/aromatic N) is 2. The van der Waals surface area contributed by atoms with E-state index in [1.807, 2.05) is 16.8 Å². The number of hydrogen-bond acceptors (Lipinski definition) is 4. The number of hydrogen-bond donors (Lipinski definition) is 0. The zero-order valence-electron chi connectivity index (χ0n) is 12.2. The largest absolute Gasteiger partial charge is 0.244 e. The Balaban J connectivity index is 2.34. The molecule has 0 unspecified atom stereocenters. The first kappa shape index (κ1) is 16.6. The molecule has 0 spiro atoms. The fourth-order valence-corrected chi connectivity index (χ4v) is 4.29. The second-order valence-corrected chi connectivity index (χ2v) is 7.68. The van der Waals surface area contributed by atoms with Crippen LogP contribution in [-0.2, 0) is 16.4 Å². The van der Waals surface area contributed by atoms with E-state index in [4.69, 9.17) is 5.26 Å². The molecule has 0 saturated carbocycles. The normalized spacial score (nSPS) is 13.0. The predicted octanol–water partition coefficient (Wildman–Crippen LogP) is 3.01. The quantitative estimate of drug-likeness (QED) is 0.842. The average molecular weight is 338 g/mol. The van der Waals surface area contributed by atoms with Gasteiger partial charge < -0.3 is 0 Å². The molecular formula is C15H15FN2O2S2. The molecule has 116 valence electrons. The number of rotatable bonds is 5. The first-order valence-corrected chi connectivity index (χ1v) is 8.94. The molecule has 4 nitrogen and oxygen atoms in total. The summed E-state index contributed by atoms with van der Waals surface area (Å²) in [6.45, 7) is 1.78. The molecule has 7 heteroatoms. The van der Waals surface area contributed by atoms with Gasteiger partial charge in [-0.2, -0.15) is 20.9 Å². The first-order valence-electron chi connectivity index (χ1n) is 6.55. The molecule has 0 aliphatic carbocycles. The highest BCUT2D eigenvalue weighted by Gasteiger charge is 2.29. The molecule has 1 atom stereocenters. The Hall–Kier alpha value is -1.75. The third kappa shape index (κ3) is 3.19. The van der Waals surface area contributed by atoms with Gasteiger partial charge in [-0.25, -0.2) is 12.8 Å². The summed E-state index contributed by atoms with van der Waals surface area (Å²) in [4.78, 5) is -0.297. The van der Waals surface area contributed by atoms with Crippen molar-refractivity contribution in [1.29, 1.82) is 5.26 Å². The van der Waals surface area contributed by atoms with Gasteiger partial charge in [-0.3, -0.25) is 0 Å². The molecule has 22 heavy (non-hydrogen) atoms. The summed E-state index contributed by atoms with van der Waals surface area (Å²) in [6.07, 6.45) is 0.552. The van der Waals surface area contributed by atoms with E-state index in [1.165, 1.54) is 23.5 Å². The maximum absolute atomic E-state index is 13.6. The van der Waals surface area contributed by atoms with E-state index in [0.717, 1.165) is 11.6 Å². The Morgan fingerprint density at radius 2 is 2.14 bits per heavy atom. The third-order valence-electron chi connectivity index (χ3n) is 3.48. The van der Waals surface area contributed by atoms with E-state index >= 15 is 0 Å². The van der Waals surface area contributed by atoms with Crippen molar-refractivity contribution in [3.8, 4) is 6.07 Å². The van der Waals surface area contributed by atoms with Crippen molar-refractivity contribution >= 4 is 21.4 Å². The molecule has 0 saturated heterocycles. The van der Waals surface area contributed by atoms with Gasteiger partial charge >= 0.3 is 0 Å². The molecule has 2 aromatic rings. The lowest BCUT2D eigenvalue weighted by Crippen LogP contribution is -2.36. The van der Waals surface area contributed by atoms with Crippen LogP contribution in [0.4, 0.5) is 4.39 Å². The number of thiophene rings is 1. The van der Waals surface area contributed by atoms with E-state index in [0.29, 0.717) is 6.42 Å². The van der Waals surface area contributed by atoms with Crippen molar-refractivity contribution in [2.75, 3.05) is 7.05 Å². The molecule has 0 aliphatic heterocycles. The van der Waals surface area contributed by atoms with Crippen molar-refractivity contribution in [3.05, 3.63) is 52.0 Å². The molecule has 0 radical (unpaired) electrons. The molecular weight excluding hydrogens is 323 g/mol. The molecule has 0 fully saturated rings. The van der Waals surface area contributed by atoms with Crippen LogP contribution < -0.4 is 0 Å². The topological polar surface area (TPSA) is 61.2 Å². The zero-order chi connectivity index (χ0) is 16.3. The van der Waals surface area contributed by atoms with E-state index in [-0.39, 0.29) is 10.9 Å². The highest BCUT2D eigenvalue weighted by Crippen LogP contribution is 2.23. The fourth-order valence-electron chi connectivity index (χ4n) is 2.10. The van der Waals surface area contributed by atoms with Crippen molar-refractivity contribution in [3.63, 3.8) is 0 Å². The standard InChI is InChI=1S/C15H15FN2O2S2/c1-11(8-12-6-7-21-10-12)18(2)22(19,20)15-5-3-4-14(16)13(15)9-17/h3-7,10-11H,8H2,1-2H3/t11-/m1/s1. The van der Waals surface area contributed by atoms with Crippen molar-refractivity contribution < 1.29 is 12.8 Å². The van der Waals surface area contributed by atoms with Crippen LogP contribution in [0, 0.1) is 17.1 Å². The minimum atomic E-state index is -3.93. The minimum Gasteiger partial charge on any atom is -0.207 e. The Labute approximate surface area is 133 Å². The second-order valence-electron chi connectivity index (χ2n) is 4.93. The van der Waals surface area contributed by atoms with Gasteiger partial charge in [0.25, 0.3) is 0 Å². The average Bonchev–Trinajstić information content (AvgIpc) is 2.98. The van der Waals surface area contributed by atoms with Crippen LogP contribution in [0.1, 0.15) is 18.1 Å². The van der Waals surface area contributed by atoms with Crippen LogP contribution in [0.15, 0.2) is 39.9 Å². The van der Waals surface area contributed by atoms with E-state index in [9.17, 15) is 12.8 Å². The number of benzene rings is 1. The molecule has 0 aliphatic rings. The molecule has 1 aromatic carbocycles. The molecule has 0 bridgehead atoms. The first-order chi connectivity index (χ1) is 10.4. The Bertz CT molecular complexity index is 795. The van der Waals surface area contributed by atoms with Crippen LogP contribution in [0.3, 0.4) is 0 Å². The smallest absolute Gasteiger partial charge is 0.207 e. The summed E-state index contributed by atoms with van der Waals surface area (Å²) in [6, 6.07) is 6.88. The van der Waals surface area contributed by atoms with Crippen molar-refractivity contribution in [1.82, 2.24) is 4.31 Å². The van der Waals surface area contributed by atoms with Gasteiger partial charge in [0.2, 0.25) is 10.0 Å². The fraction of sp³-hybridized carbons (Fsp3) is 0.267. The van der Waals surface area contributed by atoms with Gasteiger partial charge in [0.1, 0.15) is 22.3 Å². The summed E-state index contributed by atoms with van der Waals surface area (Å²) in [7, 11) is -2.49. The van der Waals surface area contributed by atoms with Crippen LogP contribution in [0.25, 0.3) is 0 Å². The van der Waals surface area contributed by atoms with Gasteiger partial charge in [0.05, 0.1) is 0 Å². The molecule has 1 aromatic heterocycles. The Morgan fingerprint density at radius 1 is 1.41 bits per heavy atom. The van der Waals surface area contributed by atoms with Crippen LogP contribution in [0.5, 0.6) is 0 Å². The lowest BCUT2D eigenvalue weighted by Gasteiger charge is -2.24. The number of halogens is 1. The lowest BCUT2D eigenvalue weighted by atomic mass is 10.1. The Morgan fingerprint density at radius 3 is 2.73 bits per heavy atom. The molecule has 0 N–H and O–H groups in total. The van der Waals surface area contributed by atoms with Gasteiger partial charge in [0, 0.05) is 13.1 Å². The van der Waals surface area contributed by atoms with E-state index < -0.39 is 21.4 Å². The van der Waals surface area contributed by atoms with Crippen LogP contribution >= 0.6 is 11.3 Å². The summed E-state index contributed by atoms with van der Waals surface area (Å²) in [5, 5.41) is 12.9. The number of nitriles is 1. The third-order valence-corrected chi connectivity index (χ3v) is 6.22. The van der Waals surface area contributed by atoms with E-state index in [1.54, 1.807) is 24.3 Å². The second kappa shape index (κ2) is 6.57. The van der Waals surface area contributed by atoms with Crippen molar-refractivity contribution in [2.24, 2.45) is 0 Å². The zero-order valence-corrected chi connectivity index (χ0v) is 13.8. The lowest BCUT2D eigenvalue weighted by molar-refractivity contribution is 0.386. The molecule has 1 heterocycles. The Kier molecular flexibility index (Phi) is 4.96. The maximum Gasteiger partial charge on any atom is 0.244 e. The van der Waals surface area contributed by atoms with Crippen LogP contribution in [0.2, 0.25) is 0 Å². The predicted molar refractivity (Wildman–Crippen MR) is 83.5 cm³/mol. The van der Waals surface area contributed by atoms with Crippen molar-refractivity contribution in [2.45, 2.75) is 24.3 Å². The maximum atomic E-state index is 13.6. The van der Waals surface area contributed by atoms with Gasteiger partial charge in [0.15, 0.2) is 0 Å². The molecule has 0 amide bonds. The van der Waals surface area contributed by atoms with Gasteiger partial charge in [-0.05, 0) is 47.9 Å². The van der Waals surface area contributed by atoms with Gasteiger partial charge in [-0.1, -0.05) is 6.07 Å². The monoisotopic (exact) mass is 338 g/mol. The highest BCUT2D eigenvalue weighted by molar-refractivity contribution is 7.89.